The van der Waals surface area contributed by atoms with E-state index in [0.717, 1.165) is 79.8 Å². The number of aromatic nitrogens is 2. The molecule has 0 fully saturated rings. The Bertz CT molecular complexity index is 4190. The van der Waals surface area contributed by atoms with Crippen molar-refractivity contribution in [2.75, 3.05) is 25.1 Å². The number of anilines is 1. The fourth-order valence-electron chi connectivity index (χ4n) is 15.7. The number of esters is 1. The number of carbonyl (C=O) groups is 3. The number of nitrogens with one attached hydrogen (secondary N) is 2. The van der Waals surface area contributed by atoms with Crippen LogP contribution >= 0.6 is 0 Å². The maximum Gasteiger partial charge on any atom is 0.302 e. The molecule has 14 heteroatoms. The van der Waals surface area contributed by atoms with Crippen LogP contribution in [0.4, 0.5) is 5.69 Å². The number of H-pyrrole nitrogens is 1. The van der Waals surface area contributed by atoms with Crippen LogP contribution in [-0.2, 0) is 25.5 Å². The lowest BCUT2D eigenvalue weighted by atomic mass is 9.53. The molecular weight excluding hydrogens is 1130 g/mol. The molecular formula is C76H76N4O10. The Morgan fingerprint density at radius 2 is 1.72 bits per heavy atom. The highest BCUT2D eigenvalue weighted by Gasteiger charge is 2.51. The number of methoxy groups -OCH3 is 1. The SMILES string of the molecule is CCC(c1ccccc1)c1cc(O)cc(Oc2c(O)cc(C3CC(=O)CC(OC(C)=O)CCC45C6=CC=CC4CC=CC5c4c[nH]cc4C(C#CC6)C(c4cccc(O)c4)C4=CCNC(=C4)N(CCC(C)=O)c4ccc5c6c(n3cc46)CCC5O)cc2OC)c1. The minimum atomic E-state index is -0.806. The van der Waals surface area contributed by atoms with E-state index in [2.05, 4.69) is 112 Å². The number of allylic oxidation sites excluding steroid dienone is 8. The number of aromatic amines is 1. The van der Waals surface area contributed by atoms with Crippen molar-refractivity contribution >= 4 is 34.0 Å². The van der Waals surface area contributed by atoms with E-state index in [1.54, 1.807) is 31.2 Å². The third kappa shape index (κ3) is 11.2. The number of aryl methyl sites for hydroxylation is 1. The summed E-state index contributed by atoms with van der Waals surface area (Å²) >= 11 is 0. The predicted octanol–water partition coefficient (Wildman–Crippen LogP) is 14.3. The number of hydrogen-bond acceptors (Lipinski definition) is 12. The topological polar surface area (TPSA) is 196 Å². The first-order valence-corrected chi connectivity index (χ1v) is 31.6. The fraction of sp³-hybridized carbons (Fsp3) is 0.329. The quantitative estimate of drug-likeness (QED) is 0.0385. The molecule has 9 unspecified atom stereocenters. The van der Waals surface area contributed by atoms with Crippen LogP contribution in [0.5, 0.6) is 34.5 Å². The first kappa shape index (κ1) is 59.5. The van der Waals surface area contributed by atoms with E-state index in [9.17, 15) is 30.0 Å². The van der Waals surface area contributed by atoms with Crippen LogP contribution in [0, 0.1) is 23.2 Å². The second kappa shape index (κ2) is 24.8. The Hall–Kier alpha value is -9.45. The standard InChI is InChI=1S/C76H76N4O10/c1-5-59(47-13-7-6-8-14-47)50-34-55(84)40-58(35-50)90-75-70(87)36-51(37-71(75)88-4)68-41-56(85)39-57(89-46(3)82)27-30-76-52-16-10-17-53(76)19-12-22-65(76)63-43-77-42-62(63)60(21-11-18-52)73(48-15-9-20-54(83)33-48)49-28-31-78-72(38-49)79(32-29-45(2)81)66-24-23-61-69(86)26-25-67-74(61)64(66)44-80(67)68/h6-10,12-17,20,22-24,28,33-38,40,42-44,53,57,59-60,65,68-69,73,77-78,83-84,86-87H,5,18-19,25-27,29-32,39,41H2,1-4H3. The van der Waals surface area contributed by atoms with Crippen molar-refractivity contribution < 1.29 is 49.0 Å². The van der Waals surface area contributed by atoms with Gasteiger partial charge >= 0.3 is 5.97 Å². The predicted molar refractivity (Wildman–Crippen MR) is 347 cm³/mol. The Morgan fingerprint density at radius 3 is 2.52 bits per heavy atom. The number of rotatable bonds is 12. The fourth-order valence-corrected chi connectivity index (χ4v) is 15.7. The zero-order chi connectivity index (χ0) is 62.4. The second-order valence-electron chi connectivity index (χ2n) is 25.0. The number of phenolic OH excluding ortho intramolecular Hbond substituents is 3. The number of carbonyl (C=O) groups excluding carboxylic acids is 3. The molecule has 9 atom stereocenters. The van der Waals surface area contributed by atoms with Crippen molar-refractivity contribution in [3.63, 3.8) is 0 Å². The molecule has 2 aliphatic heterocycles. The molecule has 0 radical (unpaired) electrons. The first-order valence-electron chi connectivity index (χ1n) is 31.6. The van der Waals surface area contributed by atoms with Crippen molar-refractivity contribution in [2.45, 2.75) is 127 Å². The summed E-state index contributed by atoms with van der Waals surface area (Å²) in [5.74, 6) is 7.03. The summed E-state index contributed by atoms with van der Waals surface area (Å²) in [6.45, 7) is 5.79. The molecule has 90 heavy (non-hydrogen) atoms. The normalized spacial score (nSPS) is 23.9. The van der Waals surface area contributed by atoms with Gasteiger partial charge in [0.05, 0.1) is 30.9 Å². The summed E-state index contributed by atoms with van der Waals surface area (Å²) in [5, 5.41) is 52.0. The summed E-state index contributed by atoms with van der Waals surface area (Å²) in [6.07, 6.45) is 24.0. The Labute approximate surface area is 524 Å². The van der Waals surface area contributed by atoms with Crippen LogP contribution in [0.25, 0.3) is 10.8 Å². The molecule has 460 valence electrons. The molecule has 1 spiro atoms. The van der Waals surface area contributed by atoms with Gasteiger partial charge < -0.3 is 54.4 Å². The number of phenols is 3. The van der Waals surface area contributed by atoms with Gasteiger partial charge in [0.1, 0.15) is 40.7 Å². The van der Waals surface area contributed by atoms with Crippen LogP contribution in [-0.4, -0.2) is 73.8 Å². The van der Waals surface area contributed by atoms with Gasteiger partial charge in [-0.3, -0.25) is 14.4 Å². The Morgan fingerprint density at radius 1 is 0.878 bits per heavy atom. The lowest BCUT2D eigenvalue weighted by Crippen LogP contribution is -2.41. The minimum Gasteiger partial charge on any atom is -0.508 e. The lowest BCUT2D eigenvalue weighted by molar-refractivity contribution is -0.148. The summed E-state index contributed by atoms with van der Waals surface area (Å²) in [7, 11) is 1.49. The van der Waals surface area contributed by atoms with Crippen LogP contribution in [0.15, 0.2) is 175 Å². The van der Waals surface area contributed by atoms with Crippen LogP contribution in [0.3, 0.4) is 0 Å². The molecule has 4 aliphatic carbocycles. The highest BCUT2D eigenvalue weighted by Crippen LogP contribution is 2.60. The average molecular weight is 1210 g/mol. The van der Waals surface area contributed by atoms with Gasteiger partial charge in [0, 0.05) is 110 Å². The third-order valence-electron chi connectivity index (χ3n) is 19.7. The van der Waals surface area contributed by atoms with Gasteiger partial charge in [0.15, 0.2) is 11.5 Å². The molecule has 13 rings (SSSR count). The van der Waals surface area contributed by atoms with Gasteiger partial charge in [-0.1, -0.05) is 109 Å². The number of aliphatic hydroxyl groups excluding tert-OH is 1. The smallest absolute Gasteiger partial charge is 0.302 e. The molecule has 7 aromatic rings. The van der Waals surface area contributed by atoms with Gasteiger partial charge in [0.25, 0.3) is 0 Å². The van der Waals surface area contributed by atoms with Gasteiger partial charge in [-0.15, -0.1) is 0 Å². The van der Waals surface area contributed by atoms with E-state index in [0.29, 0.717) is 50.8 Å². The van der Waals surface area contributed by atoms with Gasteiger partial charge in [-0.05, 0) is 144 Å². The summed E-state index contributed by atoms with van der Waals surface area (Å²) in [4.78, 5) is 47.8. The van der Waals surface area contributed by atoms with Crippen molar-refractivity contribution in [2.24, 2.45) is 11.3 Å². The number of ketones is 2. The van der Waals surface area contributed by atoms with Crippen LogP contribution in [0.2, 0.25) is 0 Å². The maximum absolute atomic E-state index is 15.6. The maximum atomic E-state index is 15.6. The number of benzene rings is 5. The Balaban J connectivity index is 1.00. The molecule has 0 saturated heterocycles. The van der Waals surface area contributed by atoms with E-state index < -0.39 is 41.5 Å². The first-order chi connectivity index (χ1) is 43.7. The van der Waals surface area contributed by atoms with Crippen LogP contribution in [0.1, 0.15) is 159 Å². The highest BCUT2D eigenvalue weighted by atomic mass is 16.5. The molecule has 14 nitrogen and oxygen atoms in total. The van der Waals surface area contributed by atoms with Gasteiger partial charge in [-0.2, -0.15) is 0 Å². The number of aliphatic hydroxyl groups is 1. The molecule has 0 saturated carbocycles. The molecule has 6 N–H and O–H groups in total. The van der Waals surface area contributed by atoms with E-state index in [-0.39, 0.29) is 83.1 Å². The summed E-state index contributed by atoms with van der Waals surface area (Å²) in [5.41, 5.74) is 9.44. The monoisotopic (exact) mass is 1200 g/mol. The van der Waals surface area contributed by atoms with Crippen molar-refractivity contribution in [3.8, 4) is 46.3 Å². The number of nitrogens with zero attached hydrogens (tertiary/aromatic N) is 2. The number of Topliss-reactive ketones (excluding diaryl/α,β-unsaturated/α-hetero) is 2. The molecule has 0 amide bonds. The molecule has 2 aromatic heterocycles. The Kier molecular flexibility index (Phi) is 16.4. The van der Waals surface area contributed by atoms with Gasteiger partial charge in [0.2, 0.25) is 5.75 Å². The van der Waals surface area contributed by atoms with E-state index >= 15 is 4.79 Å². The number of hydrogen-bond donors (Lipinski definition) is 6. The zero-order valence-electron chi connectivity index (χ0n) is 51.2. The van der Waals surface area contributed by atoms with E-state index in [1.807, 2.05) is 54.7 Å². The minimum absolute atomic E-state index is 0.00185. The summed E-state index contributed by atoms with van der Waals surface area (Å²) < 4.78 is 21.0. The lowest BCUT2D eigenvalue weighted by Gasteiger charge is -2.50. The molecule has 5 aromatic carbocycles. The number of aromatic hydroxyl groups is 3. The number of dihydropyridines is 1. The number of fused-ring (bicyclic) bond motifs is 3. The van der Waals surface area contributed by atoms with E-state index in [1.165, 1.54) is 25.7 Å². The molecule has 6 bridgehead atoms. The van der Waals surface area contributed by atoms with E-state index in [4.69, 9.17) is 14.2 Å². The third-order valence-corrected chi connectivity index (χ3v) is 19.7. The van der Waals surface area contributed by atoms with Crippen molar-refractivity contribution in [1.29, 1.82) is 0 Å². The second-order valence-corrected chi connectivity index (χ2v) is 25.0. The van der Waals surface area contributed by atoms with Crippen molar-refractivity contribution in [3.05, 3.63) is 220 Å². The number of ether oxygens (including phenoxy) is 3. The zero-order valence-corrected chi connectivity index (χ0v) is 51.2. The van der Waals surface area contributed by atoms with Crippen LogP contribution < -0.4 is 19.7 Å². The van der Waals surface area contributed by atoms with Gasteiger partial charge in [-0.25, -0.2) is 0 Å². The average Bonchev–Trinajstić information content (AvgIpc) is 1.43. The molecule has 6 aliphatic rings. The summed E-state index contributed by atoms with van der Waals surface area (Å²) in [6, 6.07) is 29.1. The van der Waals surface area contributed by atoms with Crippen molar-refractivity contribution in [1.82, 2.24) is 14.9 Å². The molecule has 4 heterocycles. The largest absolute Gasteiger partial charge is 0.508 e. The highest BCUT2D eigenvalue weighted by molar-refractivity contribution is 6.00.